The second-order valence-corrected chi connectivity index (χ2v) is 6.74. The van der Waals surface area contributed by atoms with E-state index >= 15 is 0 Å². The first kappa shape index (κ1) is 13.4. The Bertz CT molecular complexity index is 353. The lowest BCUT2D eigenvalue weighted by Crippen LogP contribution is -2.42. The monoisotopic (exact) mass is 247 g/mol. The van der Waals surface area contributed by atoms with Crippen molar-refractivity contribution < 1.29 is 8.42 Å². The number of hydrogen-bond donors (Lipinski definition) is 2. The molecular weight excluding hydrogens is 226 g/mol. The van der Waals surface area contributed by atoms with E-state index in [0.29, 0.717) is 18.6 Å². The van der Waals surface area contributed by atoms with Crippen molar-refractivity contribution in [3.05, 3.63) is 0 Å². The van der Waals surface area contributed by atoms with Gasteiger partial charge in [0.1, 0.15) is 0 Å². The van der Waals surface area contributed by atoms with Gasteiger partial charge in [0.25, 0.3) is 0 Å². The highest BCUT2D eigenvalue weighted by Gasteiger charge is 2.33. The highest BCUT2D eigenvalue weighted by molar-refractivity contribution is 7.91. The van der Waals surface area contributed by atoms with Crippen LogP contribution < -0.4 is 5.73 Å². The third kappa shape index (κ3) is 3.45. The summed E-state index contributed by atoms with van der Waals surface area (Å²) in [7, 11) is -0.904. The summed E-state index contributed by atoms with van der Waals surface area (Å²) in [6, 6.07) is 0.269. The molecule has 3 N–H and O–H groups in total. The quantitative estimate of drug-likeness (QED) is 0.537. The molecule has 1 fully saturated rings. The molecule has 1 saturated heterocycles. The lowest BCUT2D eigenvalue weighted by Gasteiger charge is -2.31. The molecule has 5 nitrogen and oxygen atoms in total. The van der Waals surface area contributed by atoms with Crippen LogP contribution in [0.4, 0.5) is 0 Å². The van der Waals surface area contributed by atoms with Gasteiger partial charge in [0.2, 0.25) is 0 Å². The van der Waals surface area contributed by atoms with Crippen LogP contribution in [0.25, 0.3) is 0 Å². The van der Waals surface area contributed by atoms with Crippen LogP contribution >= 0.6 is 0 Å². The fourth-order valence-corrected chi connectivity index (χ4v) is 4.01. The van der Waals surface area contributed by atoms with Gasteiger partial charge >= 0.3 is 0 Å². The van der Waals surface area contributed by atoms with Gasteiger partial charge in [-0.1, -0.05) is 6.92 Å². The predicted octanol–water partition coefficient (Wildman–Crippen LogP) is 0.210. The zero-order valence-corrected chi connectivity index (χ0v) is 10.8. The van der Waals surface area contributed by atoms with E-state index in [-0.39, 0.29) is 23.7 Å². The molecule has 0 aromatic rings. The molecule has 0 saturated carbocycles. The number of amidine groups is 1. The first-order valence-corrected chi connectivity index (χ1v) is 7.43. The first-order valence-electron chi connectivity index (χ1n) is 5.61. The van der Waals surface area contributed by atoms with Crippen molar-refractivity contribution in [3.8, 4) is 0 Å². The molecule has 0 radical (unpaired) electrons. The number of nitrogens with one attached hydrogen (secondary N) is 1. The van der Waals surface area contributed by atoms with Gasteiger partial charge in [-0.2, -0.15) is 0 Å². The minimum absolute atomic E-state index is 0.0919. The molecule has 2 unspecified atom stereocenters. The van der Waals surface area contributed by atoms with Crippen LogP contribution in [0.3, 0.4) is 0 Å². The smallest absolute Gasteiger partial charge is 0.151 e. The second kappa shape index (κ2) is 5.14. The Morgan fingerprint density at radius 3 is 2.62 bits per heavy atom. The molecule has 2 atom stereocenters. The summed E-state index contributed by atoms with van der Waals surface area (Å²) in [5.74, 6) is 0.704. The topological polar surface area (TPSA) is 87.2 Å². The molecule has 1 rings (SSSR count). The van der Waals surface area contributed by atoms with Crippen LogP contribution in [-0.4, -0.2) is 49.8 Å². The lowest BCUT2D eigenvalue weighted by molar-refractivity contribution is 0.186. The molecule has 94 valence electrons. The van der Waals surface area contributed by atoms with E-state index in [1.165, 1.54) is 0 Å². The van der Waals surface area contributed by atoms with Crippen LogP contribution in [0.15, 0.2) is 0 Å². The van der Waals surface area contributed by atoms with E-state index in [2.05, 4.69) is 4.90 Å². The number of sulfone groups is 1. The zero-order chi connectivity index (χ0) is 12.3. The van der Waals surface area contributed by atoms with E-state index < -0.39 is 9.84 Å². The molecule has 6 heteroatoms. The summed E-state index contributed by atoms with van der Waals surface area (Å²) < 4.78 is 22.8. The van der Waals surface area contributed by atoms with E-state index in [9.17, 15) is 8.42 Å². The van der Waals surface area contributed by atoms with E-state index in [4.69, 9.17) is 11.1 Å². The largest absolute Gasteiger partial charge is 0.388 e. The lowest BCUT2D eigenvalue weighted by atomic mass is 10.1. The van der Waals surface area contributed by atoms with Crippen molar-refractivity contribution in [2.75, 3.05) is 18.6 Å². The van der Waals surface area contributed by atoms with Crippen molar-refractivity contribution in [1.29, 1.82) is 5.41 Å². The van der Waals surface area contributed by atoms with E-state index in [0.717, 1.165) is 6.42 Å². The fraction of sp³-hybridized carbons (Fsp3) is 0.900. The highest BCUT2D eigenvalue weighted by Crippen LogP contribution is 2.20. The summed E-state index contributed by atoms with van der Waals surface area (Å²) in [6.45, 7) is 2.04. The van der Waals surface area contributed by atoms with Gasteiger partial charge in [0.15, 0.2) is 9.84 Å². The van der Waals surface area contributed by atoms with E-state index in [1.54, 1.807) is 0 Å². The molecule has 0 amide bonds. The third-order valence-electron chi connectivity index (χ3n) is 3.29. The van der Waals surface area contributed by atoms with Gasteiger partial charge in [-0.25, -0.2) is 8.42 Å². The van der Waals surface area contributed by atoms with Gasteiger partial charge in [-0.3, -0.25) is 10.3 Å². The Hall–Kier alpha value is -0.620. The van der Waals surface area contributed by atoms with Gasteiger partial charge in [0, 0.05) is 18.5 Å². The molecule has 0 aromatic carbocycles. The van der Waals surface area contributed by atoms with Crippen LogP contribution in [0.1, 0.15) is 26.2 Å². The summed E-state index contributed by atoms with van der Waals surface area (Å²) in [5.41, 5.74) is 5.40. The fourth-order valence-electron chi connectivity index (χ4n) is 2.22. The molecule has 1 heterocycles. The number of hydrogen-bond acceptors (Lipinski definition) is 4. The van der Waals surface area contributed by atoms with Crippen molar-refractivity contribution in [2.45, 2.75) is 38.3 Å². The Kier molecular flexibility index (Phi) is 4.32. The van der Waals surface area contributed by atoms with Crippen LogP contribution in [0.5, 0.6) is 0 Å². The third-order valence-corrected chi connectivity index (χ3v) is 5.04. The van der Waals surface area contributed by atoms with Crippen molar-refractivity contribution in [3.63, 3.8) is 0 Å². The van der Waals surface area contributed by atoms with Crippen LogP contribution in [-0.2, 0) is 9.84 Å². The van der Waals surface area contributed by atoms with E-state index in [1.807, 2.05) is 14.0 Å². The summed E-state index contributed by atoms with van der Waals surface area (Å²) >= 11 is 0. The zero-order valence-electron chi connectivity index (χ0n) is 9.94. The molecule has 0 aliphatic carbocycles. The van der Waals surface area contributed by atoms with Crippen molar-refractivity contribution in [2.24, 2.45) is 5.73 Å². The second-order valence-electron chi connectivity index (χ2n) is 4.51. The average Bonchev–Trinajstić information content (AvgIpc) is 2.54. The minimum atomic E-state index is -2.84. The Balaban J connectivity index is 2.62. The van der Waals surface area contributed by atoms with Crippen molar-refractivity contribution in [1.82, 2.24) is 4.90 Å². The van der Waals surface area contributed by atoms with Gasteiger partial charge in [-0.05, 0) is 19.9 Å². The molecule has 16 heavy (non-hydrogen) atoms. The summed E-state index contributed by atoms with van der Waals surface area (Å²) in [4.78, 5) is 2.08. The Morgan fingerprint density at radius 2 is 2.25 bits per heavy atom. The highest BCUT2D eigenvalue weighted by atomic mass is 32.2. The van der Waals surface area contributed by atoms with Gasteiger partial charge in [-0.15, -0.1) is 0 Å². The SMILES string of the molecule is CCC(CC(=N)N)N(C)C1CCS(=O)(=O)C1. The maximum Gasteiger partial charge on any atom is 0.151 e. The average molecular weight is 247 g/mol. The molecular formula is C10H21N3O2S. The number of nitrogens with zero attached hydrogens (tertiary/aromatic N) is 1. The Labute approximate surface area is 97.4 Å². The minimum Gasteiger partial charge on any atom is -0.388 e. The Morgan fingerprint density at radius 1 is 1.62 bits per heavy atom. The summed E-state index contributed by atoms with van der Waals surface area (Å²) in [5, 5.41) is 7.30. The maximum absolute atomic E-state index is 11.4. The standard InChI is InChI=1S/C10H21N3O2S/c1-3-8(6-10(11)12)13(2)9-4-5-16(14,15)7-9/h8-9H,3-7H2,1-2H3,(H3,11,12). The van der Waals surface area contributed by atoms with Crippen molar-refractivity contribution >= 4 is 15.7 Å². The van der Waals surface area contributed by atoms with Gasteiger partial charge in [0.05, 0.1) is 17.3 Å². The normalized spacial score (nSPS) is 25.8. The first-order chi connectivity index (χ1) is 7.35. The number of nitrogens with two attached hydrogens (primary N) is 1. The molecule has 0 aromatic heterocycles. The molecule has 0 spiro atoms. The maximum atomic E-state index is 11.4. The van der Waals surface area contributed by atoms with Crippen LogP contribution in [0.2, 0.25) is 0 Å². The molecule has 1 aliphatic heterocycles. The van der Waals surface area contributed by atoms with Crippen LogP contribution in [0, 0.1) is 5.41 Å². The molecule has 0 bridgehead atoms. The number of rotatable bonds is 5. The predicted molar refractivity (Wildman–Crippen MR) is 65.4 cm³/mol. The molecule has 1 aliphatic rings. The van der Waals surface area contributed by atoms with Gasteiger partial charge < -0.3 is 5.73 Å². The summed E-state index contributed by atoms with van der Waals surface area (Å²) in [6.07, 6.45) is 2.10.